The Morgan fingerprint density at radius 3 is 2.76 bits per heavy atom. The summed E-state index contributed by atoms with van der Waals surface area (Å²) in [5.74, 6) is 1.31. The maximum atomic E-state index is 9.10. The van der Waals surface area contributed by atoms with Gasteiger partial charge >= 0.3 is 0 Å². The third-order valence-electron chi connectivity index (χ3n) is 3.27. The molecule has 90 valence electrons. The largest absolute Gasteiger partial charge is 0.396 e. The Balaban J connectivity index is 2.13. The Labute approximate surface area is 102 Å². The number of nitrogens with zero attached hydrogens (tertiary/aromatic N) is 3. The summed E-state index contributed by atoms with van der Waals surface area (Å²) in [4.78, 5) is 6.66. The van der Waals surface area contributed by atoms with E-state index in [0.29, 0.717) is 11.5 Å². The quantitative estimate of drug-likeness (QED) is 0.837. The van der Waals surface area contributed by atoms with E-state index < -0.39 is 0 Å². The molecule has 1 aliphatic rings. The SMILES string of the molecule is Cc1cc(C#N)cc(N2CCC(CO)CC2)n1. The van der Waals surface area contributed by atoms with E-state index in [4.69, 9.17) is 10.4 Å². The lowest BCUT2D eigenvalue weighted by Gasteiger charge is -2.32. The van der Waals surface area contributed by atoms with Gasteiger partial charge in [-0.3, -0.25) is 0 Å². The highest BCUT2D eigenvalue weighted by Gasteiger charge is 2.19. The Morgan fingerprint density at radius 2 is 2.18 bits per heavy atom. The van der Waals surface area contributed by atoms with E-state index in [9.17, 15) is 0 Å². The third-order valence-corrected chi connectivity index (χ3v) is 3.27. The summed E-state index contributed by atoms with van der Waals surface area (Å²) in [7, 11) is 0. The second-order valence-corrected chi connectivity index (χ2v) is 4.58. The molecule has 0 spiro atoms. The fourth-order valence-corrected chi connectivity index (χ4v) is 2.22. The Bertz CT molecular complexity index is 431. The molecule has 0 radical (unpaired) electrons. The molecule has 1 aromatic rings. The number of aryl methyl sites for hydroxylation is 1. The minimum absolute atomic E-state index is 0.276. The summed E-state index contributed by atoms with van der Waals surface area (Å²) in [6.07, 6.45) is 1.99. The van der Waals surface area contributed by atoms with Crippen LogP contribution in [-0.2, 0) is 0 Å². The first-order valence-corrected chi connectivity index (χ1v) is 5.97. The third kappa shape index (κ3) is 2.75. The first kappa shape index (κ1) is 11.9. The van der Waals surface area contributed by atoms with E-state index >= 15 is 0 Å². The molecule has 1 saturated heterocycles. The van der Waals surface area contributed by atoms with Crippen LogP contribution in [0.1, 0.15) is 24.1 Å². The number of nitriles is 1. The molecule has 2 rings (SSSR count). The zero-order valence-electron chi connectivity index (χ0n) is 10.1. The molecule has 2 heterocycles. The highest BCUT2D eigenvalue weighted by Crippen LogP contribution is 2.22. The van der Waals surface area contributed by atoms with Crippen molar-refractivity contribution in [3.63, 3.8) is 0 Å². The number of aliphatic hydroxyl groups excluding tert-OH is 1. The van der Waals surface area contributed by atoms with Gasteiger partial charge in [0, 0.05) is 25.4 Å². The predicted octanol–water partition coefficient (Wildman–Crippen LogP) is 1.47. The van der Waals surface area contributed by atoms with Crippen LogP contribution < -0.4 is 4.90 Å². The van der Waals surface area contributed by atoms with Gasteiger partial charge in [-0.2, -0.15) is 5.26 Å². The molecule has 0 atom stereocenters. The topological polar surface area (TPSA) is 60.2 Å². The van der Waals surface area contributed by atoms with Crippen LogP contribution in [-0.4, -0.2) is 29.8 Å². The smallest absolute Gasteiger partial charge is 0.130 e. The summed E-state index contributed by atoms with van der Waals surface area (Å²) in [6.45, 7) is 4.00. The van der Waals surface area contributed by atoms with Gasteiger partial charge in [0.25, 0.3) is 0 Å². The summed E-state index contributed by atoms with van der Waals surface area (Å²) in [5.41, 5.74) is 1.54. The van der Waals surface area contributed by atoms with Gasteiger partial charge in [0.1, 0.15) is 5.82 Å². The number of piperidine rings is 1. The fraction of sp³-hybridized carbons (Fsp3) is 0.538. The van der Waals surface area contributed by atoms with Crippen molar-refractivity contribution in [2.45, 2.75) is 19.8 Å². The first-order chi connectivity index (χ1) is 8.22. The molecule has 4 heteroatoms. The van der Waals surface area contributed by atoms with Crippen molar-refractivity contribution in [2.24, 2.45) is 5.92 Å². The number of aliphatic hydroxyl groups is 1. The zero-order valence-corrected chi connectivity index (χ0v) is 10.1. The fourth-order valence-electron chi connectivity index (χ4n) is 2.22. The molecule has 1 N–H and O–H groups in total. The normalized spacial score (nSPS) is 16.9. The van der Waals surface area contributed by atoms with E-state index in [0.717, 1.165) is 37.4 Å². The van der Waals surface area contributed by atoms with E-state index in [2.05, 4.69) is 16.0 Å². The van der Waals surface area contributed by atoms with Gasteiger partial charge in [-0.15, -0.1) is 0 Å². The molecule has 0 aliphatic carbocycles. The van der Waals surface area contributed by atoms with Crippen LogP contribution in [0.15, 0.2) is 12.1 Å². The van der Waals surface area contributed by atoms with Gasteiger partial charge < -0.3 is 10.0 Å². The van der Waals surface area contributed by atoms with Crippen LogP contribution in [0, 0.1) is 24.2 Å². The first-order valence-electron chi connectivity index (χ1n) is 5.97. The monoisotopic (exact) mass is 231 g/mol. The van der Waals surface area contributed by atoms with Crippen LogP contribution >= 0.6 is 0 Å². The zero-order chi connectivity index (χ0) is 12.3. The Hall–Kier alpha value is -1.60. The lowest BCUT2D eigenvalue weighted by molar-refractivity contribution is 0.203. The summed E-state index contributed by atoms with van der Waals surface area (Å²) in [5, 5.41) is 18.0. The van der Waals surface area contributed by atoms with Crippen molar-refractivity contribution in [3.8, 4) is 6.07 Å². The summed E-state index contributed by atoms with van der Waals surface area (Å²) >= 11 is 0. The van der Waals surface area contributed by atoms with Crippen molar-refractivity contribution < 1.29 is 5.11 Å². The number of rotatable bonds is 2. The Kier molecular flexibility index (Phi) is 3.60. The molecule has 0 aromatic carbocycles. The number of hydrogen-bond donors (Lipinski definition) is 1. The molecule has 1 aromatic heterocycles. The van der Waals surface area contributed by atoms with Crippen LogP contribution in [0.3, 0.4) is 0 Å². The van der Waals surface area contributed by atoms with E-state index in [1.54, 1.807) is 6.07 Å². The lowest BCUT2D eigenvalue weighted by atomic mass is 9.98. The lowest BCUT2D eigenvalue weighted by Crippen LogP contribution is -2.35. The second kappa shape index (κ2) is 5.15. The molecule has 1 aliphatic heterocycles. The molecule has 0 amide bonds. The van der Waals surface area contributed by atoms with E-state index in [-0.39, 0.29) is 6.61 Å². The van der Waals surface area contributed by atoms with Gasteiger partial charge in [0.15, 0.2) is 0 Å². The molecule has 4 nitrogen and oxygen atoms in total. The second-order valence-electron chi connectivity index (χ2n) is 4.58. The molecular formula is C13H17N3O. The van der Waals surface area contributed by atoms with Gasteiger partial charge in [-0.05, 0) is 37.8 Å². The summed E-state index contributed by atoms with van der Waals surface area (Å²) < 4.78 is 0. The maximum Gasteiger partial charge on any atom is 0.130 e. The molecule has 0 unspecified atom stereocenters. The molecule has 17 heavy (non-hydrogen) atoms. The highest BCUT2D eigenvalue weighted by atomic mass is 16.3. The molecular weight excluding hydrogens is 214 g/mol. The van der Waals surface area contributed by atoms with Crippen molar-refractivity contribution in [1.29, 1.82) is 5.26 Å². The molecule has 1 fully saturated rings. The van der Waals surface area contributed by atoms with Crippen molar-refractivity contribution in [1.82, 2.24) is 4.98 Å². The number of hydrogen-bond acceptors (Lipinski definition) is 4. The van der Waals surface area contributed by atoms with Crippen LogP contribution in [0.25, 0.3) is 0 Å². The minimum atomic E-state index is 0.276. The minimum Gasteiger partial charge on any atom is -0.396 e. The van der Waals surface area contributed by atoms with Gasteiger partial charge in [-0.25, -0.2) is 4.98 Å². The average molecular weight is 231 g/mol. The standard InChI is InChI=1S/C13H17N3O/c1-10-6-12(8-14)7-13(15-10)16-4-2-11(9-17)3-5-16/h6-7,11,17H,2-5,9H2,1H3. The van der Waals surface area contributed by atoms with Crippen molar-refractivity contribution in [3.05, 3.63) is 23.4 Å². The number of anilines is 1. The van der Waals surface area contributed by atoms with E-state index in [1.807, 2.05) is 13.0 Å². The van der Waals surface area contributed by atoms with E-state index in [1.165, 1.54) is 0 Å². The molecule has 0 bridgehead atoms. The molecule has 0 saturated carbocycles. The van der Waals surface area contributed by atoms with Crippen LogP contribution in [0.5, 0.6) is 0 Å². The Morgan fingerprint density at radius 1 is 1.47 bits per heavy atom. The maximum absolute atomic E-state index is 9.10. The van der Waals surface area contributed by atoms with Crippen LogP contribution in [0.2, 0.25) is 0 Å². The van der Waals surface area contributed by atoms with Crippen LogP contribution in [0.4, 0.5) is 5.82 Å². The number of pyridine rings is 1. The number of aromatic nitrogens is 1. The summed E-state index contributed by atoms with van der Waals surface area (Å²) in [6, 6.07) is 5.80. The highest BCUT2D eigenvalue weighted by molar-refractivity contribution is 5.46. The predicted molar refractivity (Wildman–Crippen MR) is 65.7 cm³/mol. The van der Waals surface area contributed by atoms with Crippen molar-refractivity contribution in [2.75, 3.05) is 24.6 Å². The van der Waals surface area contributed by atoms with Gasteiger partial charge in [0.2, 0.25) is 0 Å². The van der Waals surface area contributed by atoms with Crippen molar-refractivity contribution >= 4 is 5.82 Å². The average Bonchev–Trinajstić information content (AvgIpc) is 2.38. The van der Waals surface area contributed by atoms with Gasteiger partial charge in [0.05, 0.1) is 11.6 Å². The van der Waals surface area contributed by atoms with Gasteiger partial charge in [-0.1, -0.05) is 0 Å².